The topological polar surface area (TPSA) is 39.0 Å². The van der Waals surface area contributed by atoms with Crippen LogP contribution in [0.1, 0.15) is 5.56 Å². The van der Waals surface area contributed by atoms with E-state index in [0.717, 1.165) is 53.8 Å². The fourth-order valence-electron chi connectivity index (χ4n) is 3.09. The lowest BCUT2D eigenvalue weighted by Gasteiger charge is -2.31. The molecule has 148 valence electrons. The van der Waals surface area contributed by atoms with Crippen molar-refractivity contribution >= 4 is 34.0 Å². The van der Waals surface area contributed by atoms with Crippen molar-refractivity contribution in [2.45, 2.75) is 6.92 Å². The number of thiazole rings is 1. The molecule has 1 aliphatic rings. The summed E-state index contributed by atoms with van der Waals surface area (Å²) in [5, 5.41) is 4.48. The van der Waals surface area contributed by atoms with Gasteiger partial charge in [0.2, 0.25) is 4.80 Å². The standard InChI is InChI=1S/C21H23N3O2S.BrH/c1-16-3-7-18(8-4-16)22-21-24(23-11-13-26-14-12-23)20(15-27-21)17-5-9-19(25-2)10-6-17;/h3-10,15H,11-14H2,1-2H3;1H. The fraction of sp³-hybridized carbons (Fsp3) is 0.286. The number of benzene rings is 2. The predicted molar refractivity (Wildman–Crippen MR) is 120 cm³/mol. The highest BCUT2D eigenvalue weighted by atomic mass is 79.9. The van der Waals surface area contributed by atoms with Gasteiger partial charge in [-0.15, -0.1) is 28.3 Å². The van der Waals surface area contributed by atoms with Crippen molar-refractivity contribution < 1.29 is 9.47 Å². The van der Waals surface area contributed by atoms with Crippen molar-refractivity contribution in [2.24, 2.45) is 4.99 Å². The maximum absolute atomic E-state index is 5.55. The summed E-state index contributed by atoms with van der Waals surface area (Å²) in [6.45, 7) is 5.25. The van der Waals surface area contributed by atoms with Crippen molar-refractivity contribution in [3.8, 4) is 17.0 Å². The van der Waals surface area contributed by atoms with Crippen molar-refractivity contribution in [1.82, 2.24) is 4.68 Å². The van der Waals surface area contributed by atoms with Crippen LogP contribution in [0.5, 0.6) is 5.75 Å². The molecule has 1 aromatic heterocycles. The maximum atomic E-state index is 5.55. The minimum absolute atomic E-state index is 0. The maximum Gasteiger partial charge on any atom is 0.209 e. The number of nitrogens with zero attached hydrogens (tertiary/aromatic N) is 3. The zero-order valence-electron chi connectivity index (χ0n) is 16.0. The first kappa shape index (κ1) is 20.6. The first-order valence-corrected chi connectivity index (χ1v) is 9.92. The van der Waals surface area contributed by atoms with E-state index in [1.54, 1.807) is 18.4 Å². The molecule has 0 N–H and O–H groups in total. The highest BCUT2D eigenvalue weighted by Crippen LogP contribution is 2.24. The van der Waals surface area contributed by atoms with Gasteiger partial charge in [0, 0.05) is 10.9 Å². The Hall–Kier alpha value is -2.09. The second-order valence-electron chi connectivity index (χ2n) is 6.46. The molecule has 0 aliphatic carbocycles. The number of ether oxygens (including phenoxy) is 2. The van der Waals surface area contributed by atoms with E-state index >= 15 is 0 Å². The third kappa shape index (κ3) is 4.48. The van der Waals surface area contributed by atoms with E-state index in [0.29, 0.717) is 0 Å². The van der Waals surface area contributed by atoms with Gasteiger partial charge >= 0.3 is 0 Å². The first-order valence-electron chi connectivity index (χ1n) is 9.04. The highest BCUT2D eigenvalue weighted by molar-refractivity contribution is 8.93. The van der Waals surface area contributed by atoms with Crippen LogP contribution in [0.15, 0.2) is 58.9 Å². The van der Waals surface area contributed by atoms with E-state index in [1.807, 2.05) is 12.1 Å². The van der Waals surface area contributed by atoms with Crippen LogP contribution in [0.25, 0.3) is 11.3 Å². The van der Waals surface area contributed by atoms with Crippen LogP contribution in [0.4, 0.5) is 5.69 Å². The zero-order chi connectivity index (χ0) is 18.6. The SMILES string of the molecule is Br.COc1ccc(-c2csc(=Nc3ccc(C)cc3)n2N2CCOCC2)cc1. The number of hydrogen-bond acceptors (Lipinski definition) is 5. The van der Waals surface area contributed by atoms with E-state index in [2.05, 4.69) is 58.4 Å². The molecule has 5 nitrogen and oxygen atoms in total. The highest BCUT2D eigenvalue weighted by Gasteiger charge is 2.17. The number of morpholine rings is 1. The summed E-state index contributed by atoms with van der Waals surface area (Å²) in [6, 6.07) is 16.5. The Bertz CT molecular complexity index is 959. The molecule has 4 rings (SSSR count). The molecule has 7 heteroatoms. The minimum Gasteiger partial charge on any atom is -0.497 e. The van der Waals surface area contributed by atoms with Gasteiger partial charge in [0.25, 0.3) is 0 Å². The van der Waals surface area contributed by atoms with E-state index in [4.69, 9.17) is 14.5 Å². The second-order valence-corrected chi connectivity index (χ2v) is 7.29. The number of hydrogen-bond donors (Lipinski definition) is 0. The number of rotatable bonds is 4. The molecule has 0 amide bonds. The van der Waals surface area contributed by atoms with Crippen molar-refractivity contribution in [3.05, 3.63) is 64.3 Å². The Morgan fingerprint density at radius 3 is 2.32 bits per heavy atom. The lowest BCUT2D eigenvalue weighted by molar-refractivity contribution is 0.111. The molecule has 0 saturated carbocycles. The van der Waals surface area contributed by atoms with Gasteiger partial charge in [-0.05, 0) is 43.3 Å². The molecule has 0 bridgehead atoms. The molecule has 1 aliphatic heterocycles. The Morgan fingerprint density at radius 1 is 1.00 bits per heavy atom. The molecule has 0 spiro atoms. The van der Waals surface area contributed by atoms with E-state index in [-0.39, 0.29) is 17.0 Å². The summed E-state index contributed by atoms with van der Waals surface area (Å²) >= 11 is 1.66. The number of halogens is 1. The lowest BCUT2D eigenvalue weighted by Crippen LogP contribution is -2.48. The summed E-state index contributed by atoms with van der Waals surface area (Å²) in [5.74, 6) is 0.858. The quantitative estimate of drug-likeness (QED) is 0.580. The zero-order valence-corrected chi connectivity index (χ0v) is 18.5. The van der Waals surface area contributed by atoms with Gasteiger partial charge in [-0.25, -0.2) is 9.67 Å². The summed E-state index contributed by atoms with van der Waals surface area (Å²) in [4.78, 5) is 5.88. The summed E-state index contributed by atoms with van der Waals surface area (Å²) in [7, 11) is 1.69. The Kier molecular flexibility index (Phi) is 6.93. The third-order valence-electron chi connectivity index (χ3n) is 4.60. The van der Waals surface area contributed by atoms with Gasteiger partial charge in [-0.3, -0.25) is 0 Å². The van der Waals surface area contributed by atoms with Gasteiger partial charge in [-0.1, -0.05) is 17.7 Å². The number of methoxy groups -OCH3 is 1. The number of aromatic nitrogens is 1. The van der Waals surface area contributed by atoms with Crippen molar-refractivity contribution in [2.75, 3.05) is 38.4 Å². The molecule has 28 heavy (non-hydrogen) atoms. The Morgan fingerprint density at radius 2 is 1.68 bits per heavy atom. The summed E-state index contributed by atoms with van der Waals surface area (Å²) in [5.41, 5.74) is 4.48. The largest absolute Gasteiger partial charge is 0.497 e. The molecule has 1 fully saturated rings. The molecule has 0 radical (unpaired) electrons. The molecule has 0 unspecified atom stereocenters. The van der Waals surface area contributed by atoms with E-state index in [1.165, 1.54) is 5.56 Å². The van der Waals surface area contributed by atoms with Gasteiger partial charge in [0.05, 0.1) is 44.8 Å². The Labute approximate surface area is 179 Å². The first-order chi connectivity index (χ1) is 13.2. The smallest absolute Gasteiger partial charge is 0.209 e. The van der Waals surface area contributed by atoms with Crippen LogP contribution in [0.3, 0.4) is 0 Å². The normalized spacial score (nSPS) is 14.6. The minimum atomic E-state index is 0. The van der Waals surface area contributed by atoms with Crippen LogP contribution < -0.4 is 14.5 Å². The molecule has 2 aromatic carbocycles. The molecule has 0 atom stereocenters. The van der Waals surface area contributed by atoms with Crippen molar-refractivity contribution in [3.63, 3.8) is 0 Å². The summed E-state index contributed by atoms with van der Waals surface area (Å²) in [6.07, 6.45) is 0. The lowest BCUT2D eigenvalue weighted by atomic mass is 10.2. The molecule has 3 aromatic rings. The second kappa shape index (κ2) is 9.41. The van der Waals surface area contributed by atoms with E-state index in [9.17, 15) is 0 Å². The third-order valence-corrected chi connectivity index (χ3v) is 5.42. The average molecular weight is 462 g/mol. The summed E-state index contributed by atoms with van der Waals surface area (Å²) < 4.78 is 13.1. The van der Waals surface area contributed by atoms with Crippen LogP contribution in [-0.2, 0) is 4.74 Å². The van der Waals surface area contributed by atoms with Crippen LogP contribution in [0.2, 0.25) is 0 Å². The van der Waals surface area contributed by atoms with Crippen molar-refractivity contribution in [1.29, 1.82) is 0 Å². The van der Waals surface area contributed by atoms with E-state index < -0.39 is 0 Å². The number of aryl methyl sites for hydroxylation is 1. The van der Waals surface area contributed by atoms with Crippen LogP contribution in [-0.4, -0.2) is 38.1 Å². The molecule has 1 saturated heterocycles. The van der Waals surface area contributed by atoms with Crippen LogP contribution in [0, 0.1) is 6.92 Å². The predicted octanol–water partition coefficient (Wildman–Crippen LogP) is 4.31. The van der Waals surface area contributed by atoms with Gasteiger partial charge in [0.15, 0.2) is 0 Å². The van der Waals surface area contributed by atoms with Gasteiger partial charge in [0.1, 0.15) is 5.75 Å². The monoisotopic (exact) mass is 461 g/mol. The fourth-order valence-corrected chi connectivity index (χ4v) is 4.02. The van der Waals surface area contributed by atoms with Gasteiger partial charge in [-0.2, -0.15) is 0 Å². The molecular weight excluding hydrogens is 438 g/mol. The molecule has 2 heterocycles. The van der Waals surface area contributed by atoms with Crippen LogP contribution >= 0.6 is 28.3 Å². The molecular formula is C21H24BrN3O2S. The average Bonchev–Trinajstić information content (AvgIpc) is 3.14. The Balaban J connectivity index is 0.00000225. The van der Waals surface area contributed by atoms with Gasteiger partial charge < -0.3 is 14.5 Å².